The van der Waals surface area contributed by atoms with E-state index in [1.807, 2.05) is 20.8 Å². The largest absolute Gasteiger partial charge is 0.356 e. The number of unbranched alkanes of at least 4 members (excludes halogenated alkanes) is 3. The van der Waals surface area contributed by atoms with Gasteiger partial charge in [0.05, 0.1) is 0 Å². The van der Waals surface area contributed by atoms with Crippen molar-refractivity contribution in [2.24, 2.45) is 5.41 Å². The third-order valence-electron chi connectivity index (χ3n) is 2.84. The average molecular weight is 234 g/mol. The molecule has 90 valence electrons. The fourth-order valence-electron chi connectivity index (χ4n) is 1.17. The molecular weight excluding hydrogens is 210 g/mol. The van der Waals surface area contributed by atoms with Crippen molar-refractivity contribution in [2.75, 3.05) is 12.4 Å². The van der Waals surface area contributed by atoms with E-state index >= 15 is 0 Å². The van der Waals surface area contributed by atoms with E-state index in [1.165, 1.54) is 0 Å². The number of alkyl halides is 1. The molecule has 0 saturated heterocycles. The summed E-state index contributed by atoms with van der Waals surface area (Å²) in [7, 11) is 0. The lowest BCUT2D eigenvalue weighted by Crippen LogP contribution is -2.36. The summed E-state index contributed by atoms with van der Waals surface area (Å²) in [5.74, 6) is 0.914. The summed E-state index contributed by atoms with van der Waals surface area (Å²) in [5, 5.41) is 2.98. The minimum absolute atomic E-state index is 0.169. The SMILES string of the molecule is CCC(C)(C)C(=O)NCCCCCCCl. The van der Waals surface area contributed by atoms with Crippen molar-refractivity contribution in [3.05, 3.63) is 0 Å². The van der Waals surface area contributed by atoms with Gasteiger partial charge in [-0.3, -0.25) is 4.79 Å². The number of carbonyl (C=O) groups is 1. The Labute approximate surface area is 98.8 Å². The van der Waals surface area contributed by atoms with Gasteiger partial charge in [-0.25, -0.2) is 0 Å². The van der Waals surface area contributed by atoms with Crippen LogP contribution in [0.2, 0.25) is 0 Å². The number of nitrogens with one attached hydrogen (secondary N) is 1. The highest BCUT2D eigenvalue weighted by molar-refractivity contribution is 6.17. The average Bonchev–Trinajstić information content (AvgIpc) is 2.22. The first-order valence-corrected chi connectivity index (χ1v) is 6.42. The maximum Gasteiger partial charge on any atom is 0.225 e. The molecule has 0 aromatic rings. The Morgan fingerprint density at radius 2 is 1.80 bits per heavy atom. The zero-order valence-corrected chi connectivity index (χ0v) is 11.0. The topological polar surface area (TPSA) is 29.1 Å². The Kier molecular flexibility index (Phi) is 7.85. The fraction of sp³-hybridized carbons (Fsp3) is 0.917. The minimum atomic E-state index is -0.226. The highest BCUT2D eigenvalue weighted by atomic mass is 35.5. The molecule has 3 heteroatoms. The number of carbonyl (C=O) groups excluding carboxylic acids is 1. The lowest BCUT2D eigenvalue weighted by Gasteiger charge is -2.21. The van der Waals surface area contributed by atoms with Crippen molar-refractivity contribution in [2.45, 2.75) is 52.9 Å². The summed E-state index contributed by atoms with van der Waals surface area (Å²) >= 11 is 5.57. The molecule has 0 aliphatic heterocycles. The molecule has 0 aliphatic rings. The van der Waals surface area contributed by atoms with Gasteiger partial charge in [-0.1, -0.05) is 33.6 Å². The molecule has 1 N–H and O–H groups in total. The molecule has 0 saturated carbocycles. The summed E-state index contributed by atoms with van der Waals surface area (Å²) in [5.41, 5.74) is -0.226. The second-order valence-electron chi connectivity index (χ2n) is 4.60. The minimum Gasteiger partial charge on any atom is -0.356 e. The van der Waals surface area contributed by atoms with Gasteiger partial charge < -0.3 is 5.32 Å². The number of hydrogen-bond donors (Lipinski definition) is 1. The van der Waals surface area contributed by atoms with Crippen LogP contribution in [-0.2, 0) is 4.79 Å². The molecule has 0 spiro atoms. The number of rotatable bonds is 8. The third-order valence-corrected chi connectivity index (χ3v) is 3.11. The Hall–Kier alpha value is -0.240. The highest BCUT2D eigenvalue weighted by Crippen LogP contribution is 2.19. The monoisotopic (exact) mass is 233 g/mol. The van der Waals surface area contributed by atoms with E-state index in [0.29, 0.717) is 0 Å². The van der Waals surface area contributed by atoms with Gasteiger partial charge in [-0.2, -0.15) is 0 Å². The van der Waals surface area contributed by atoms with Gasteiger partial charge in [-0.05, 0) is 19.3 Å². The van der Waals surface area contributed by atoms with Crippen LogP contribution in [0.3, 0.4) is 0 Å². The molecule has 0 radical (unpaired) electrons. The number of amides is 1. The second-order valence-corrected chi connectivity index (χ2v) is 4.97. The second kappa shape index (κ2) is 7.98. The quantitative estimate of drug-likeness (QED) is 0.506. The first-order valence-electron chi connectivity index (χ1n) is 5.89. The molecule has 0 atom stereocenters. The summed E-state index contributed by atoms with van der Waals surface area (Å²) in [4.78, 5) is 11.7. The van der Waals surface area contributed by atoms with Crippen molar-refractivity contribution in [1.82, 2.24) is 5.32 Å². The third kappa shape index (κ3) is 6.77. The maximum absolute atomic E-state index is 11.7. The molecule has 0 rings (SSSR count). The zero-order chi connectivity index (χ0) is 11.7. The smallest absolute Gasteiger partial charge is 0.225 e. The predicted octanol–water partition coefficient (Wildman–Crippen LogP) is 3.34. The molecule has 0 aromatic carbocycles. The molecule has 2 nitrogen and oxygen atoms in total. The fourth-order valence-corrected chi connectivity index (χ4v) is 1.36. The first kappa shape index (κ1) is 14.8. The van der Waals surface area contributed by atoms with Gasteiger partial charge in [0.1, 0.15) is 0 Å². The van der Waals surface area contributed by atoms with E-state index in [9.17, 15) is 4.79 Å². The number of halogens is 1. The van der Waals surface area contributed by atoms with E-state index in [4.69, 9.17) is 11.6 Å². The van der Waals surface area contributed by atoms with Gasteiger partial charge in [-0.15, -0.1) is 11.6 Å². The van der Waals surface area contributed by atoms with Crippen molar-refractivity contribution in [1.29, 1.82) is 0 Å². The van der Waals surface area contributed by atoms with Gasteiger partial charge >= 0.3 is 0 Å². The van der Waals surface area contributed by atoms with Crippen LogP contribution in [0.15, 0.2) is 0 Å². The van der Waals surface area contributed by atoms with Crippen LogP contribution in [0.1, 0.15) is 52.9 Å². The Balaban J connectivity index is 3.47. The van der Waals surface area contributed by atoms with E-state index in [2.05, 4.69) is 5.32 Å². The van der Waals surface area contributed by atoms with Crippen LogP contribution in [0, 0.1) is 5.41 Å². The van der Waals surface area contributed by atoms with Crippen LogP contribution < -0.4 is 5.32 Å². The van der Waals surface area contributed by atoms with E-state index in [1.54, 1.807) is 0 Å². The van der Waals surface area contributed by atoms with Crippen molar-refractivity contribution in [3.8, 4) is 0 Å². The van der Waals surface area contributed by atoms with Gasteiger partial charge in [0, 0.05) is 17.8 Å². The lowest BCUT2D eigenvalue weighted by atomic mass is 9.89. The molecule has 0 bridgehead atoms. The molecule has 0 aromatic heterocycles. The summed E-state index contributed by atoms with van der Waals surface area (Å²) in [6, 6.07) is 0. The van der Waals surface area contributed by atoms with Crippen LogP contribution in [0.25, 0.3) is 0 Å². The molecule has 1 amide bonds. The Morgan fingerprint density at radius 1 is 1.20 bits per heavy atom. The summed E-state index contributed by atoms with van der Waals surface area (Å²) in [6.45, 7) is 6.80. The van der Waals surface area contributed by atoms with Gasteiger partial charge in [0.25, 0.3) is 0 Å². The van der Waals surface area contributed by atoms with Crippen molar-refractivity contribution in [3.63, 3.8) is 0 Å². The normalized spacial score (nSPS) is 11.5. The van der Waals surface area contributed by atoms with Gasteiger partial charge in [0.2, 0.25) is 5.91 Å². The molecule has 15 heavy (non-hydrogen) atoms. The van der Waals surface area contributed by atoms with Crippen molar-refractivity contribution < 1.29 is 4.79 Å². The van der Waals surface area contributed by atoms with Crippen LogP contribution in [0.4, 0.5) is 0 Å². The molecule has 0 unspecified atom stereocenters. The Bertz CT molecular complexity index is 180. The summed E-state index contributed by atoms with van der Waals surface area (Å²) in [6.07, 6.45) is 5.33. The number of hydrogen-bond acceptors (Lipinski definition) is 1. The zero-order valence-electron chi connectivity index (χ0n) is 10.2. The summed E-state index contributed by atoms with van der Waals surface area (Å²) < 4.78 is 0. The lowest BCUT2D eigenvalue weighted by molar-refractivity contribution is -0.129. The highest BCUT2D eigenvalue weighted by Gasteiger charge is 2.24. The standard InChI is InChI=1S/C12H24ClNO/c1-4-12(2,3)11(15)14-10-8-6-5-7-9-13/h4-10H2,1-3H3,(H,14,15). The maximum atomic E-state index is 11.7. The van der Waals surface area contributed by atoms with E-state index in [0.717, 1.165) is 44.5 Å². The van der Waals surface area contributed by atoms with E-state index in [-0.39, 0.29) is 11.3 Å². The molecule has 0 aliphatic carbocycles. The Morgan fingerprint density at radius 3 is 2.33 bits per heavy atom. The predicted molar refractivity (Wildman–Crippen MR) is 66.3 cm³/mol. The van der Waals surface area contributed by atoms with Crippen LogP contribution in [0.5, 0.6) is 0 Å². The van der Waals surface area contributed by atoms with Crippen LogP contribution >= 0.6 is 11.6 Å². The van der Waals surface area contributed by atoms with Gasteiger partial charge in [0.15, 0.2) is 0 Å². The van der Waals surface area contributed by atoms with Crippen LogP contribution in [-0.4, -0.2) is 18.3 Å². The molecule has 0 heterocycles. The van der Waals surface area contributed by atoms with Crippen molar-refractivity contribution >= 4 is 17.5 Å². The van der Waals surface area contributed by atoms with E-state index < -0.39 is 0 Å². The first-order chi connectivity index (χ1) is 7.04. The molecular formula is C12H24ClNO. The molecule has 0 fully saturated rings.